The molecule has 0 aromatic rings. The van der Waals surface area contributed by atoms with E-state index in [0.717, 1.165) is 12.8 Å². The zero-order chi connectivity index (χ0) is 7.45. The molecule has 0 bridgehead atoms. The predicted octanol–water partition coefficient (Wildman–Crippen LogP) is 1.69. The standard InChI is InChI=1S/C8H15N2/c1-8(10-9)6-4-2-3-5-7-8/h2-7H2,1H3/q+1. The van der Waals surface area contributed by atoms with Gasteiger partial charge in [-0.25, -0.2) is 0 Å². The Hall–Kier alpha value is -0.0800. The van der Waals surface area contributed by atoms with Crippen LogP contribution in [0, 0.1) is 0 Å². The van der Waals surface area contributed by atoms with E-state index < -0.39 is 0 Å². The second-order valence-electron chi connectivity index (χ2n) is 3.51. The lowest BCUT2D eigenvalue weighted by Gasteiger charge is -2.09. The van der Waals surface area contributed by atoms with Crippen LogP contribution in [0.2, 0.25) is 0 Å². The van der Waals surface area contributed by atoms with E-state index >= 15 is 0 Å². The molecule has 0 aromatic carbocycles. The van der Waals surface area contributed by atoms with Crippen LogP contribution in [-0.2, 0) is 0 Å². The van der Waals surface area contributed by atoms with E-state index in [-0.39, 0.29) is 5.54 Å². The van der Waals surface area contributed by atoms with Crippen LogP contribution in [0.25, 0.3) is 0 Å². The van der Waals surface area contributed by atoms with Crippen LogP contribution in [0.4, 0.5) is 0 Å². The van der Waals surface area contributed by atoms with Gasteiger partial charge in [0, 0.05) is 19.8 Å². The molecule has 1 rings (SSSR count). The third-order valence-electron chi connectivity index (χ3n) is 2.42. The van der Waals surface area contributed by atoms with Gasteiger partial charge in [-0.15, -0.1) is 0 Å². The first kappa shape index (κ1) is 8.02. The zero-order valence-corrected chi connectivity index (χ0v) is 6.64. The van der Waals surface area contributed by atoms with E-state index in [1.165, 1.54) is 25.7 Å². The molecule has 0 atom stereocenters. The van der Waals surface area contributed by atoms with Crippen LogP contribution in [0.3, 0.4) is 0 Å². The Kier molecular flexibility index (Phi) is 2.69. The van der Waals surface area contributed by atoms with Gasteiger partial charge < -0.3 is 0 Å². The number of nitrogens with zero attached hydrogens (tertiary/aromatic N) is 2. The molecule has 0 spiro atoms. The highest BCUT2D eigenvalue weighted by atomic mass is 15.3. The predicted molar refractivity (Wildman–Crippen MR) is 40.4 cm³/mol. The Labute approximate surface area is 63.1 Å². The molecular weight excluding hydrogens is 124 g/mol. The molecule has 1 aliphatic carbocycles. The van der Waals surface area contributed by atoms with Gasteiger partial charge in [-0.2, -0.15) is 0 Å². The van der Waals surface area contributed by atoms with E-state index in [1.54, 1.807) is 0 Å². The maximum atomic E-state index is 8.70. The van der Waals surface area contributed by atoms with Crippen LogP contribution in [0.1, 0.15) is 45.4 Å². The summed E-state index contributed by atoms with van der Waals surface area (Å²) >= 11 is 0. The average molecular weight is 139 g/mol. The van der Waals surface area contributed by atoms with Crippen molar-refractivity contribution in [3.63, 3.8) is 0 Å². The van der Waals surface area contributed by atoms with Gasteiger partial charge in [0.1, 0.15) is 0 Å². The third-order valence-corrected chi connectivity index (χ3v) is 2.42. The first-order valence-electron chi connectivity index (χ1n) is 4.13. The molecule has 1 aliphatic rings. The fourth-order valence-electron chi connectivity index (χ4n) is 1.59. The van der Waals surface area contributed by atoms with Crippen LogP contribution < -0.4 is 11.3 Å². The molecule has 56 valence electrons. The smallest absolute Gasteiger partial charge is 0.0531 e. The minimum atomic E-state index is -0.115. The number of hydrogen-bond donors (Lipinski definition) is 0. The Morgan fingerprint density at radius 2 is 1.60 bits per heavy atom. The fourth-order valence-corrected chi connectivity index (χ4v) is 1.59. The van der Waals surface area contributed by atoms with E-state index in [9.17, 15) is 0 Å². The molecule has 2 nitrogen and oxygen atoms in total. The molecule has 1 fully saturated rings. The molecule has 10 heavy (non-hydrogen) atoms. The molecular formula is C8H15N2+. The van der Waals surface area contributed by atoms with Crippen LogP contribution >= 0.6 is 0 Å². The largest absolute Gasteiger partial charge is 0.265 e. The summed E-state index contributed by atoms with van der Waals surface area (Å²) in [4.78, 5) is 0. The first-order chi connectivity index (χ1) is 4.77. The van der Waals surface area contributed by atoms with Gasteiger partial charge >= 0.3 is 0 Å². The van der Waals surface area contributed by atoms with Crippen molar-refractivity contribution in [1.29, 1.82) is 0 Å². The minimum Gasteiger partial charge on any atom is -0.0531 e. The average Bonchev–Trinajstić information content (AvgIpc) is 2.15. The summed E-state index contributed by atoms with van der Waals surface area (Å²) in [6.45, 7) is 2.04. The molecule has 0 N–H and O–H groups in total. The van der Waals surface area contributed by atoms with Crippen molar-refractivity contribution in [2.24, 2.45) is 0 Å². The number of rotatable bonds is 1. The van der Waals surface area contributed by atoms with Crippen LogP contribution in [0.15, 0.2) is 0 Å². The van der Waals surface area contributed by atoms with Crippen LogP contribution in [-0.4, -0.2) is 5.54 Å². The quantitative estimate of drug-likeness (QED) is 0.391. The molecule has 0 aliphatic heterocycles. The van der Waals surface area contributed by atoms with Gasteiger partial charge in [-0.1, -0.05) is 12.8 Å². The molecule has 0 aromatic heterocycles. The summed E-state index contributed by atoms with van der Waals surface area (Å²) in [7, 11) is 0. The van der Waals surface area contributed by atoms with Crippen molar-refractivity contribution < 1.29 is 0 Å². The molecule has 0 saturated heterocycles. The molecule has 0 amide bonds. The SMILES string of the molecule is CC1([N+][N])CCCCCC1. The van der Waals surface area contributed by atoms with Gasteiger partial charge in [-0.05, 0) is 12.8 Å². The first-order valence-corrected chi connectivity index (χ1v) is 4.13. The Bertz CT molecular complexity index is 93.4. The number of hydrogen-bond acceptors (Lipinski definition) is 0. The fraction of sp³-hybridized carbons (Fsp3) is 1.00. The minimum absolute atomic E-state index is 0.115. The lowest BCUT2D eigenvalue weighted by atomic mass is 9.94. The van der Waals surface area contributed by atoms with Crippen molar-refractivity contribution in [3.8, 4) is 0 Å². The second kappa shape index (κ2) is 3.35. The monoisotopic (exact) mass is 139 g/mol. The van der Waals surface area contributed by atoms with Crippen molar-refractivity contribution in [1.82, 2.24) is 11.3 Å². The molecule has 2 heteroatoms. The summed E-state index contributed by atoms with van der Waals surface area (Å²) in [5.41, 5.74) is 3.32. The van der Waals surface area contributed by atoms with E-state index in [0.29, 0.717) is 0 Å². The topological polar surface area (TPSA) is 36.4 Å². The van der Waals surface area contributed by atoms with Crippen molar-refractivity contribution in [2.75, 3.05) is 0 Å². The van der Waals surface area contributed by atoms with Crippen molar-refractivity contribution >= 4 is 0 Å². The summed E-state index contributed by atoms with van der Waals surface area (Å²) in [5, 5.41) is 0. The normalized spacial score (nSPS) is 25.8. The van der Waals surface area contributed by atoms with Crippen LogP contribution in [0.5, 0.6) is 0 Å². The lowest BCUT2D eigenvalue weighted by molar-refractivity contribution is 0.304. The van der Waals surface area contributed by atoms with Crippen molar-refractivity contribution in [2.45, 2.75) is 51.0 Å². The van der Waals surface area contributed by atoms with E-state index in [1.807, 2.05) is 6.92 Å². The second-order valence-corrected chi connectivity index (χ2v) is 3.51. The summed E-state index contributed by atoms with van der Waals surface area (Å²) < 4.78 is 0. The summed E-state index contributed by atoms with van der Waals surface area (Å²) in [5.74, 6) is 8.70. The van der Waals surface area contributed by atoms with Crippen molar-refractivity contribution in [3.05, 3.63) is 0 Å². The summed E-state index contributed by atoms with van der Waals surface area (Å²) in [6, 6.07) is 0. The Balaban J connectivity index is 2.41. The zero-order valence-electron chi connectivity index (χ0n) is 6.64. The highest BCUT2D eigenvalue weighted by Crippen LogP contribution is 2.26. The molecule has 1 saturated carbocycles. The lowest BCUT2D eigenvalue weighted by Crippen LogP contribution is -2.34. The van der Waals surface area contributed by atoms with Gasteiger partial charge in [0.2, 0.25) is 11.0 Å². The van der Waals surface area contributed by atoms with Gasteiger partial charge in [0.15, 0.2) is 0 Å². The summed E-state index contributed by atoms with van der Waals surface area (Å²) in [6.07, 6.45) is 7.18. The molecule has 0 unspecified atom stereocenters. The third kappa shape index (κ3) is 1.96. The Morgan fingerprint density at radius 3 is 2.00 bits per heavy atom. The molecule has 4 radical (unpaired) electrons. The maximum Gasteiger partial charge on any atom is 0.265 e. The Morgan fingerprint density at radius 1 is 1.10 bits per heavy atom. The van der Waals surface area contributed by atoms with E-state index in [2.05, 4.69) is 5.43 Å². The van der Waals surface area contributed by atoms with Gasteiger partial charge in [0.05, 0.1) is 0 Å². The van der Waals surface area contributed by atoms with Gasteiger partial charge in [0.25, 0.3) is 5.84 Å². The molecule has 0 heterocycles. The maximum absolute atomic E-state index is 8.70. The van der Waals surface area contributed by atoms with Gasteiger partial charge in [-0.3, -0.25) is 0 Å². The highest BCUT2D eigenvalue weighted by molar-refractivity contribution is 4.81. The highest BCUT2D eigenvalue weighted by Gasteiger charge is 2.38. The van der Waals surface area contributed by atoms with E-state index in [4.69, 9.17) is 5.84 Å².